The van der Waals surface area contributed by atoms with Gasteiger partial charge < -0.3 is 14.8 Å². The van der Waals surface area contributed by atoms with Crippen LogP contribution < -0.4 is 9.80 Å². The normalized spacial score (nSPS) is 14.0. The molecule has 6 nitrogen and oxygen atoms in total. The number of carbonyl (C=O) groups is 1. The zero-order valence-electron chi connectivity index (χ0n) is 23.6. The third-order valence-corrected chi connectivity index (χ3v) is 7.93. The minimum Gasteiger partial charge on any atom is -0.369 e. The summed E-state index contributed by atoms with van der Waals surface area (Å²) in [5.41, 5.74) is 8.37. The summed E-state index contributed by atoms with van der Waals surface area (Å²) in [4.78, 5) is 28.9. The average Bonchev–Trinajstić information content (AvgIpc) is 3.35. The Labute approximate surface area is 232 Å². The molecule has 1 aliphatic rings. The lowest BCUT2D eigenvalue weighted by molar-refractivity contribution is 0.0980. The van der Waals surface area contributed by atoms with E-state index in [0.717, 1.165) is 67.5 Å². The Morgan fingerprint density at radius 3 is 2.28 bits per heavy atom. The van der Waals surface area contributed by atoms with Gasteiger partial charge in [0.1, 0.15) is 11.5 Å². The summed E-state index contributed by atoms with van der Waals surface area (Å²) < 4.78 is 0. The second kappa shape index (κ2) is 11.9. The fraction of sp³-hybridized carbons (Fsp3) is 0.333. The lowest BCUT2D eigenvalue weighted by Crippen LogP contribution is -2.47. The molecule has 6 heteroatoms. The summed E-state index contributed by atoms with van der Waals surface area (Å²) in [5, 5.41) is 0. The Hall–Kier alpha value is -3.90. The predicted octanol–water partition coefficient (Wildman–Crippen LogP) is 6.17. The quantitative estimate of drug-likeness (QED) is 0.301. The number of nitrogens with zero attached hydrogens (tertiary/aromatic N) is 4. The third kappa shape index (κ3) is 5.91. The molecule has 0 aliphatic carbocycles. The van der Waals surface area contributed by atoms with E-state index in [1.807, 2.05) is 60.4 Å². The lowest BCUT2D eigenvalue weighted by Gasteiger charge is -2.37. The van der Waals surface area contributed by atoms with Crippen LogP contribution in [0.1, 0.15) is 39.3 Å². The first-order chi connectivity index (χ1) is 18.9. The fourth-order valence-electron chi connectivity index (χ4n) is 5.47. The van der Waals surface area contributed by atoms with E-state index in [1.165, 1.54) is 16.8 Å². The standard InChI is InChI=1S/C33H39N5O/c1-24-13-10-17-30(26(24)3)37-22-20-36(21-23-37)18-11-19-38(29-16-9-8-12-25(29)2)33(39)31-27(4)34-32(35-31)28-14-6-5-7-15-28/h5-10,12-17H,11,18-23H2,1-4H3,(H,34,35). The molecule has 1 aliphatic heterocycles. The monoisotopic (exact) mass is 521 g/mol. The molecule has 1 fully saturated rings. The predicted molar refractivity (Wildman–Crippen MR) is 161 cm³/mol. The minimum atomic E-state index is -0.0556. The van der Waals surface area contributed by atoms with Gasteiger partial charge in [0.25, 0.3) is 5.91 Å². The molecule has 202 valence electrons. The van der Waals surface area contributed by atoms with E-state index in [2.05, 4.69) is 59.8 Å². The molecule has 1 N–H and O–H groups in total. The van der Waals surface area contributed by atoms with E-state index in [1.54, 1.807) is 0 Å². The van der Waals surface area contributed by atoms with Crippen molar-refractivity contribution in [1.29, 1.82) is 0 Å². The van der Waals surface area contributed by atoms with Crippen molar-refractivity contribution in [2.45, 2.75) is 34.1 Å². The molecule has 1 amide bonds. The number of hydrogen-bond acceptors (Lipinski definition) is 4. The van der Waals surface area contributed by atoms with Crippen LogP contribution in [0.2, 0.25) is 0 Å². The van der Waals surface area contributed by atoms with Gasteiger partial charge in [0.15, 0.2) is 0 Å². The van der Waals surface area contributed by atoms with E-state index in [0.29, 0.717) is 12.2 Å². The summed E-state index contributed by atoms with van der Waals surface area (Å²) in [6.07, 6.45) is 0.901. The Bertz CT molecular complexity index is 1420. The van der Waals surface area contributed by atoms with Gasteiger partial charge in [0.05, 0.1) is 0 Å². The molecular formula is C33H39N5O. The van der Waals surface area contributed by atoms with E-state index in [4.69, 9.17) is 4.98 Å². The number of amides is 1. The lowest BCUT2D eigenvalue weighted by atomic mass is 10.1. The number of hydrogen-bond donors (Lipinski definition) is 1. The van der Waals surface area contributed by atoms with Crippen LogP contribution in [0.5, 0.6) is 0 Å². The zero-order chi connectivity index (χ0) is 27.4. The Morgan fingerprint density at radius 2 is 1.54 bits per heavy atom. The molecule has 0 radical (unpaired) electrons. The average molecular weight is 522 g/mol. The highest BCUT2D eigenvalue weighted by Crippen LogP contribution is 2.26. The Balaban J connectivity index is 1.26. The SMILES string of the molecule is Cc1ccccc1N(CCCN1CCN(c2cccc(C)c2C)CC1)C(=O)c1nc(-c2ccccc2)[nH]c1C. The topological polar surface area (TPSA) is 55.5 Å². The molecule has 5 rings (SSSR count). The molecule has 0 atom stereocenters. The maximum Gasteiger partial charge on any atom is 0.278 e. The van der Waals surface area contributed by atoms with Crippen molar-refractivity contribution < 1.29 is 4.79 Å². The highest BCUT2D eigenvalue weighted by atomic mass is 16.2. The van der Waals surface area contributed by atoms with Crippen molar-refractivity contribution in [3.8, 4) is 11.4 Å². The van der Waals surface area contributed by atoms with Crippen molar-refractivity contribution in [3.63, 3.8) is 0 Å². The van der Waals surface area contributed by atoms with Gasteiger partial charge in [-0.05, 0) is 69.5 Å². The van der Waals surface area contributed by atoms with Crippen molar-refractivity contribution in [2.24, 2.45) is 0 Å². The summed E-state index contributed by atoms with van der Waals surface area (Å²) in [7, 11) is 0. The summed E-state index contributed by atoms with van der Waals surface area (Å²) in [6, 6.07) is 24.7. The van der Waals surface area contributed by atoms with Crippen LogP contribution in [0, 0.1) is 27.7 Å². The van der Waals surface area contributed by atoms with Crippen LogP contribution in [0.25, 0.3) is 11.4 Å². The second-order valence-corrected chi connectivity index (χ2v) is 10.6. The number of H-pyrrole nitrogens is 1. The van der Waals surface area contributed by atoms with Crippen molar-refractivity contribution in [2.75, 3.05) is 49.1 Å². The molecule has 4 aromatic rings. The molecule has 39 heavy (non-hydrogen) atoms. The van der Waals surface area contributed by atoms with E-state index >= 15 is 0 Å². The molecule has 1 saturated heterocycles. The van der Waals surface area contributed by atoms with Gasteiger partial charge in [-0.2, -0.15) is 0 Å². The van der Waals surface area contributed by atoms with Gasteiger partial charge in [-0.1, -0.05) is 60.7 Å². The maximum atomic E-state index is 13.9. The third-order valence-electron chi connectivity index (χ3n) is 7.93. The molecule has 0 saturated carbocycles. The second-order valence-electron chi connectivity index (χ2n) is 10.6. The number of para-hydroxylation sites is 1. The van der Waals surface area contributed by atoms with Crippen molar-refractivity contribution in [1.82, 2.24) is 14.9 Å². The van der Waals surface area contributed by atoms with Crippen LogP contribution in [0.4, 0.5) is 11.4 Å². The van der Waals surface area contributed by atoms with E-state index < -0.39 is 0 Å². The Kier molecular flexibility index (Phi) is 8.13. The Morgan fingerprint density at radius 1 is 0.846 bits per heavy atom. The number of imidazole rings is 1. The molecule has 0 unspecified atom stereocenters. The van der Waals surface area contributed by atoms with E-state index in [-0.39, 0.29) is 5.91 Å². The van der Waals surface area contributed by atoms with Crippen molar-refractivity contribution >= 4 is 17.3 Å². The largest absolute Gasteiger partial charge is 0.369 e. The van der Waals surface area contributed by atoms with Gasteiger partial charge >= 0.3 is 0 Å². The van der Waals surface area contributed by atoms with Gasteiger partial charge in [-0.3, -0.25) is 9.69 Å². The van der Waals surface area contributed by atoms with E-state index in [9.17, 15) is 4.79 Å². The first-order valence-electron chi connectivity index (χ1n) is 14.0. The summed E-state index contributed by atoms with van der Waals surface area (Å²) in [5.74, 6) is 0.669. The molecule has 0 spiro atoms. The van der Waals surface area contributed by atoms with Crippen LogP contribution in [0.15, 0.2) is 72.8 Å². The molecular weight excluding hydrogens is 482 g/mol. The number of piperazine rings is 1. The number of nitrogens with one attached hydrogen (secondary N) is 1. The number of anilines is 2. The summed E-state index contributed by atoms with van der Waals surface area (Å²) in [6.45, 7) is 14.1. The van der Waals surface area contributed by atoms with Gasteiger partial charge in [0, 0.05) is 55.4 Å². The van der Waals surface area contributed by atoms with Crippen molar-refractivity contribution in [3.05, 3.63) is 101 Å². The number of aryl methyl sites for hydroxylation is 3. The summed E-state index contributed by atoms with van der Waals surface area (Å²) >= 11 is 0. The first kappa shape index (κ1) is 26.7. The van der Waals surface area contributed by atoms with Crippen LogP contribution in [-0.4, -0.2) is 60.0 Å². The maximum absolute atomic E-state index is 13.9. The molecule has 2 heterocycles. The minimum absolute atomic E-state index is 0.0556. The first-order valence-corrected chi connectivity index (χ1v) is 14.0. The number of aromatic nitrogens is 2. The molecule has 3 aromatic carbocycles. The zero-order valence-corrected chi connectivity index (χ0v) is 23.6. The fourth-order valence-corrected chi connectivity index (χ4v) is 5.47. The van der Waals surface area contributed by atoms with Gasteiger partial charge in [-0.15, -0.1) is 0 Å². The number of aromatic amines is 1. The van der Waals surface area contributed by atoms with Crippen LogP contribution in [0.3, 0.4) is 0 Å². The number of carbonyl (C=O) groups excluding carboxylic acids is 1. The smallest absolute Gasteiger partial charge is 0.278 e. The van der Waals surface area contributed by atoms with Crippen LogP contribution in [-0.2, 0) is 0 Å². The van der Waals surface area contributed by atoms with Gasteiger partial charge in [-0.25, -0.2) is 4.98 Å². The highest BCUT2D eigenvalue weighted by Gasteiger charge is 2.25. The molecule has 1 aromatic heterocycles. The highest BCUT2D eigenvalue weighted by molar-refractivity contribution is 6.06. The molecule has 0 bridgehead atoms. The van der Waals surface area contributed by atoms with Crippen LogP contribution >= 0.6 is 0 Å². The van der Waals surface area contributed by atoms with Gasteiger partial charge in [0.2, 0.25) is 0 Å². The number of rotatable bonds is 8. The number of benzene rings is 3.